The number of carbonyl (C=O) groups excluding carboxylic acids is 1. The van der Waals surface area contributed by atoms with Gasteiger partial charge >= 0.3 is 0 Å². The van der Waals surface area contributed by atoms with Crippen molar-refractivity contribution < 1.29 is 9.72 Å². The summed E-state index contributed by atoms with van der Waals surface area (Å²) in [5.41, 5.74) is 3.27. The number of nitrogen functional groups attached to an aromatic ring is 1. The smallest absolute Gasteiger partial charge is 0.293 e. The molecule has 0 aliphatic heterocycles. The molecule has 0 saturated heterocycles. The van der Waals surface area contributed by atoms with Crippen molar-refractivity contribution in [1.82, 2.24) is 9.80 Å². The van der Waals surface area contributed by atoms with E-state index in [1.165, 1.54) is 11.0 Å². The Labute approximate surface area is 123 Å². The molecule has 1 amide bonds. The van der Waals surface area contributed by atoms with Crippen molar-refractivity contribution in [2.24, 2.45) is 5.84 Å². The zero-order valence-electron chi connectivity index (χ0n) is 12.5. The van der Waals surface area contributed by atoms with Crippen LogP contribution in [0, 0.1) is 10.1 Å². The lowest BCUT2D eigenvalue weighted by molar-refractivity contribution is -0.384. The van der Waals surface area contributed by atoms with E-state index < -0.39 is 4.92 Å². The summed E-state index contributed by atoms with van der Waals surface area (Å²) in [6.07, 6.45) is 0. The number of nitrogens with zero attached hydrogens (tertiary/aromatic N) is 3. The Morgan fingerprint density at radius 2 is 2.10 bits per heavy atom. The van der Waals surface area contributed by atoms with Crippen molar-refractivity contribution in [2.75, 3.05) is 32.6 Å². The lowest BCUT2D eigenvalue weighted by Gasteiger charge is -2.23. The molecule has 1 aromatic rings. The molecule has 0 saturated carbocycles. The number of carbonyl (C=O) groups is 1. The third-order valence-electron chi connectivity index (χ3n) is 3.17. The second kappa shape index (κ2) is 7.55. The molecule has 0 unspecified atom stereocenters. The summed E-state index contributed by atoms with van der Waals surface area (Å²) in [4.78, 5) is 25.7. The SMILES string of the molecule is CCN(CC(=O)N(C)C)Cc1cccc([N+](=O)[O-])c1NN. The van der Waals surface area contributed by atoms with Crippen LogP contribution in [-0.4, -0.2) is 47.8 Å². The van der Waals surface area contributed by atoms with Gasteiger partial charge in [0.2, 0.25) is 5.91 Å². The number of anilines is 1. The van der Waals surface area contributed by atoms with Crippen LogP contribution >= 0.6 is 0 Å². The maximum absolute atomic E-state index is 11.8. The molecule has 1 rings (SSSR count). The van der Waals surface area contributed by atoms with Gasteiger partial charge in [0, 0.05) is 26.7 Å². The average molecular weight is 295 g/mol. The fourth-order valence-electron chi connectivity index (χ4n) is 1.89. The predicted octanol–water partition coefficient (Wildman–Crippen LogP) is 0.790. The molecule has 0 heterocycles. The van der Waals surface area contributed by atoms with Crippen LogP contribution in [0.5, 0.6) is 0 Å². The maximum atomic E-state index is 11.8. The first-order chi connectivity index (χ1) is 9.90. The van der Waals surface area contributed by atoms with E-state index in [0.29, 0.717) is 18.7 Å². The highest BCUT2D eigenvalue weighted by atomic mass is 16.6. The second-order valence-corrected chi connectivity index (χ2v) is 4.80. The lowest BCUT2D eigenvalue weighted by atomic mass is 10.1. The Morgan fingerprint density at radius 3 is 2.57 bits per heavy atom. The summed E-state index contributed by atoms with van der Waals surface area (Å²) < 4.78 is 0. The summed E-state index contributed by atoms with van der Waals surface area (Å²) in [6, 6.07) is 4.75. The number of hydrogen-bond donors (Lipinski definition) is 2. The summed E-state index contributed by atoms with van der Waals surface area (Å²) in [5.74, 6) is 5.38. The van der Waals surface area contributed by atoms with Gasteiger partial charge in [-0.2, -0.15) is 0 Å². The molecule has 8 nitrogen and oxygen atoms in total. The van der Waals surface area contributed by atoms with Crippen molar-refractivity contribution in [1.29, 1.82) is 0 Å². The number of nitro groups is 1. The Bertz CT molecular complexity index is 519. The van der Waals surface area contributed by atoms with Gasteiger partial charge in [0.15, 0.2) is 0 Å². The van der Waals surface area contributed by atoms with Crippen molar-refractivity contribution in [3.8, 4) is 0 Å². The van der Waals surface area contributed by atoms with Gasteiger partial charge in [0.1, 0.15) is 5.69 Å². The van der Waals surface area contributed by atoms with E-state index in [2.05, 4.69) is 5.43 Å². The Hall–Kier alpha value is -2.19. The zero-order chi connectivity index (χ0) is 16.0. The third-order valence-corrected chi connectivity index (χ3v) is 3.17. The first-order valence-corrected chi connectivity index (χ1v) is 6.56. The minimum Gasteiger partial charge on any atom is -0.348 e. The molecule has 1 aromatic carbocycles. The van der Waals surface area contributed by atoms with Gasteiger partial charge in [0.25, 0.3) is 5.69 Å². The van der Waals surface area contributed by atoms with Gasteiger partial charge in [0.05, 0.1) is 11.5 Å². The van der Waals surface area contributed by atoms with Gasteiger partial charge in [-0.1, -0.05) is 19.1 Å². The summed E-state index contributed by atoms with van der Waals surface area (Å²) in [7, 11) is 3.38. The fraction of sp³-hybridized carbons (Fsp3) is 0.462. The fourth-order valence-corrected chi connectivity index (χ4v) is 1.89. The standard InChI is InChI=1S/C13H21N5O3/c1-4-17(9-12(19)16(2)3)8-10-6-5-7-11(18(20)21)13(10)15-14/h5-7,15H,4,8-9,14H2,1-3H3. The van der Waals surface area contributed by atoms with E-state index in [4.69, 9.17) is 5.84 Å². The van der Waals surface area contributed by atoms with Crippen LogP contribution in [0.3, 0.4) is 0 Å². The van der Waals surface area contributed by atoms with Gasteiger partial charge in [-0.25, -0.2) is 0 Å². The van der Waals surface area contributed by atoms with Gasteiger partial charge < -0.3 is 10.3 Å². The highest BCUT2D eigenvalue weighted by Gasteiger charge is 2.19. The molecular weight excluding hydrogens is 274 g/mol. The van der Waals surface area contributed by atoms with Crippen molar-refractivity contribution in [3.05, 3.63) is 33.9 Å². The largest absolute Gasteiger partial charge is 0.348 e. The first kappa shape index (κ1) is 16.9. The summed E-state index contributed by atoms with van der Waals surface area (Å²) in [5, 5.41) is 11.0. The van der Waals surface area contributed by atoms with Crippen molar-refractivity contribution in [3.63, 3.8) is 0 Å². The molecule has 0 aliphatic rings. The number of hydrazine groups is 1. The number of hydrogen-bond acceptors (Lipinski definition) is 6. The molecule has 0 radical (unpaired) electrons. The van der Waals surface area contributed by atoms with E-state index in [0.717, 1.165) is 0 Å². The number of likely N-dealkylation sites (N-methyl/N-ethyl adjacent to an activating group) is 2. The number of nitrogens with one attached hydrogen (secondary N) is 1. The molecular formula is C13H21N5O3. The topological polar surface area (TPSA) is 105 Å². The minimum absolute atomic E-state index is 0.0236. The van der Waals surface area contributed by atoms with E-state index >= 15 is 0 Å². The normalized spacial score (nSPS) is 10.5. The molecule has 21 heavy (non-hydrogen) atoms. The molecule has 3 N–H and O–H groups in total. The van der Waals surface area contributed by atoms with E-state index in [1.54, 1.807) is 26.2 Å². The van der Waals surface area contributed by atoms with Crippen molar-refractivity contribution in [2.45, 2.75) is 13.5 Å². The highest BCUT2D eigenvalue weighted by molar-refractivity contribution is 5.77. The molecule has 0 aliphatic carbocycles. The summed E-state index contributed by atoms with van der Waals surface area (Å²) in [6.45, 7) is 3.22. The molecule has 0 fully saturated rings. The van der Waals surface area contributed by atoms with Crippen molar-refractivity contribution >= 4 is 17.3 Å². The molecule has 0 bridgehead atoms. The maximum Gasteiger partial charge on any atom is 0.293 e. The van der Waals surface area contributed by atoms with Crippen LogP contribution < -0.4 is 11.3 Å². The average Bonchev–Trinajstić information content (AvgIpc) is 2.45. The quantitative estimate of drug-likeness (QED) is 0.438. The van der Waals surface area contributed by atoms with Crippen LogP contribution in [0.25, 0.3) is 0 Å². The number of para-hydroxylation sites is 1. The molecule has 0 spiro atoms. The minimum atomic E-state index is -0.486. The number of nitrogens with two attached hydrogens (primary N) is 1. The van der Waals surface area contributed by atoms with Gasteiger partial charge in [-0.05, 0) is 12.1 Å². The predicted molar refractivity (Wildman–Crippen MR) is 80.6 cm³/mol. The van der Waals surface area contributed by atoms with Crippen LogP contribution in [0.1, 0.15) is 12.5 Å². The Kier molecular flexibility index (Phi) is 6.07. The van der Waals surface area contributed by atoms with E-state index in [-0.39, 0.29) is 23.8 Å². The van der Waals surface area contributed by atoms with E-state index in [1.807, 2.05) is 11.8 Å². The first-order valence-electron chi connectivity index (χ1n) is 6.56. The van der Waals surface area contributed by atoms with Crippen LogP contribution in [-0.2, 0) is 11.3 Å². The Balaban J connectivity index is 2.97. The zero-order valence-corrected chi connectivity index (χ0v) is 12.5. The molecule has 8 heteroatoms. The van der Waals surface area contributed by atoms with E-state index in [9.17, 15) is 14.9 Å². The third kappa shape index (κ3) is 4.40. The number of amides is 1. The number of rotatable bonds is 7. The second-order valence-electron chi connectivity index (χ2n) is 4.80. The number of benzene rings is 1. The molecule has 0 atom stereocenters. The van der Waals surface area contributed by atoms with Crippen LogP contribution in [0.4, 0.5) is 11.4 Å². The highest BCUT2D eigenvalue weighted by Crippen LogP contribution is 2.28. The van der Waals surface area contributed by atoms with Gasteiger partial charge in [-0.3, -0.25) is 25.7 Å². The van der Waals surface area contributed by atoms with Crippen LogP contribution in [0.15, 0.2) is 18.2 Å². The molecule has 116 valence electrons. The monoisotopic (exact) mass is 295 g/mol. The van der Waals surface area contributed by atoms with Crippen LogP contribution in [0.2, 0.25) is 0 Å². The lowest BCUT2D eigenvalue weighted by Crippen LogP contribution is -2.36. The molecule has 0 aromatic heterocycles. The number of nitro benzene ring substituents is 1. The Morgan fingerprint density at radius 1 is 1.43 bits per heavy atom. The summed E-state index contributed by atoms with van der Waals surface area (Å²) >= 11 is 0. The van der Waals surface area contributed by atoms with Gasteiger partial charge in [-0.15, -0.1) is 0 Å².